The zero-order chi connectivity index (χ0) is 14.5. The van der Waals surface area contributed by atoms with Gasteiger partial charge in [0.2, 0.25) is 5.75 Å². The zero-order valence-electron chi connectivity index (χ0n) is 11.7. The van der Waals surface area contributed by atoms with E-state index in [0.717, 1.165) is 23.2 Å². The number of halogens is 1. The fourth-order valence-electron chi connectivity index (χ4n) is 1.86. The first kappa shape index (κ1) is 14.9. The van der Waals surface area contributed by atoms with Crippen LogP contribution in [-0.2, 0) is 6.54 Å². The molecule has 5 nitrogen and oxygen atoms in total. The third kappa shape index (κ3) is 3.32. The quantitative estimate of drug-likeness (QED) is 0.887. The largest absolute Gasteiger partial charge is 0.490 e. The van der Waals surface area contributed by atoms with Crippen molar-refractivity contribution in [3.05, 3.63) is 27.7 Å². The summed E-state index contributed by atoms with van der Waals surface area (Å²) in [5, 5.41) is 3.17. The van der Waals surface area contributed by atoms with Gasteiger partial charge in [0.05, 0.1) is 18.0 Å². The highest BCUT2D eigenvalue weighted by Crippen LogP contribution is 2.32. The Morgan fingerprint density at radius 2 is 2.20 bits per heavy atom. The Balaban J connectivity index is 2.24. The van der Waals surface area contributed by atoms with Gasteiger partial charge in [-0.05, 0) is 19.1 Å². The summed E-state index contributed by atoms with van der Waals surface area (Å²) in [6.45, 7) is 3.51. The molecule has 0 aliphatic rings. The van der Waals surface area contributed by atoms with E-state index in [2.05, 4.69) is 15.3 Å². The van der Waals surface area contributed by atoms with Gasteiger partial charge in [-0.2, -0.15) is 0 Å². The van der Waals surface area contributed by atoms with E-state index in [1.54, 1.807) is 18.4 Å². The maximum atomic E-state index is 5.95. The third-order valence-corrected chi connectivity index (χ3v) is 3.93. The van der Waals surface area contributed by atoms with Crippen LogP contribution in [0.4, 0.5) is 11.6 Å². The van der Waals surface area contributed by atoms with Crippen LogP contribution in [-0.4, -0.2) is 30.7 Å². The summed E-state index contributed by atoms with van der Waals surface area (Å²) in [5.74, 6) is 2.11. The van der Waals surface area contributed by atoms with E-state index in [9.17, 15) is 0 Å². The first-order valence-corrected chi connectivity index (χ1v) is 7.43. The molecule has 2 rings (SSSR count). The number of methoxy groups -OCH3 is 1. The van der Waals surface area contributed by atoms with Crippen LogP contribution in [0.5, 0.6) is 5.75 Å². The van der Waals surface area contributed by atoms with Gasteiger partial charge < -0.3 is 15.0 Å². The first-order chi connectivity index (χ1) is 9.65. The average molecular weight is 313 g/mol. The van der Waals surface area contributed by atoms with Crippen molar-refractivity contribution in [2.24, 2.45) is 0 Å². The molecule has 2 heterocycles. The average Bonchev–Trinajstić information content (AvgIpc) is 2.84. The van der Waals surface area contributed by atoms with Gasteiger partial charge in [0, 0.05) is 18.5 Å². The van der Waals surface area contributed by atoms with E-state index < -0.39 is 0 Å². The molecular formula is C13H17ClN4OS. The second-order valence-corrected chi connectivity index (χ2v) is 5.97. The smallest absolute Gasteiger partial charge is 0.204 e. The van der Waals surface area contributed by atoms with Crippen molar-refractivity contribution < 1.29 is 4.74 Å². The van der Waals surface area contributed by atoms with Crippen molar-refractivity contribution in [3.8, 4) is 5.75 Å². The number of aromatic nitrogens is 2. The van der Waals surface area contributed by atoms with Gasteiger partial charge in [-0.3, -0.25) is 0 Å². The van der Waals surface area contributed by atoms with Crippen molar-refractivity contribution >= 4 is 34.6 Å². The van der Waals surface area contributed by atoms with E-state index in [-0.39, 0.29) is 0 Å². The monoisotopic (exact) mass is 312 g/mol. The minimum absolute atomic E-state index is 0.652. The first-order valence-electron chi connectivity index (χ1n) is 6.24. The van der Waals surface area contributed by atoms with Gasteiger partial charge in [-0.25, -0.2) is 9.97 Å². The second-order valence-electron chi connectivity index (χ2n) is 4.17. The number of nitrogens with one attached hydrogen (secondary N) is 1. The number of ether oxygens (including phenoxy) is 1. The standard InChI is InChI=1S/C13H17ClN4OS/c1-4-15-12-11(19-3)13(17-8-16-12)18(2)7-9-5-6-10(14)20-9/h5-6,8H,4,7H2,1-3H3,(H,15,16,17). The van der Waals surface area contributed by atoms with Gasteiger partial charge in [0.25, 0.3) is 0 Å². The van der Waals surface area contributed by atoms with Gasteiger partial charge in [0.1, 0.15) is 6.33 Å². The molecule has 0 bridgehead atoms. The lowest BCUT2D eigenvalue weighted by atomic mass is 10.4. The molecule has 0 fully saturated rings. The Morgan fingerprint density at radius 1 is 1.40 bits per heavy atom. The second kappa shape index (κ2) is 6.76. The number of anilines is 2. The number of rotatable bonds is 6. The predicted octanol–water partition coefficient (Wildman–Crippen LogP) is 3.27. The van der Waals surface area contributed by atoms with Crippen molar-refractivity contribution in [1.82, 2.24) is 9.97 Å². The molecule has 20 heavy (non-hydrogen) atoms. The number of nitrogens with zero attached hydrogens (tertiary/aromatic N) is 3. The Labute approximate surface area is 127 Å². The van der Waals surface area contributed by atoms with E-state index >= 15 is 0 Å². The third-order valence-electron chi connectivity index (χ3n) is 2.72. The molecule has 108 valence electrons. The van der Waals surface area contributed by atoms with E-state index in [4.69, 9.17) is 16.3 Å². The minimum atomic E-state index is 0.652. The van der Waals surface area contributed by atoms with Gasteiger partial charge >= 0.3 is 0 Å². The summed E-state index contributed by atoms with van der Waals surface area (Å²) in [6.07, 6.45) is 1.54. The van der Waals surface area contributed by atoms with Crippen molar-refractivity contribution in [3.63, 3.8) is 0 Å². The molecular weight excluding hydrogens is 296 g/mol. The molecule has 0 aromatic carbocycles. The van der Waals surface area contributed by atoms with Gasteiger partial charge in [0.15, 0.2) is 11.6 Å². The van der Waals surface area contributed by atoms with E-state index in [1.165, 1.54) is 11.2 Å². The predicted molar refractivity (Wildman–Crippen MR) is 84.2 cm³/mol. The summed E-state index contributed by atoms with van der Waals surface area (Å²) < 4.78 is 6.23. The lowest BCUT2D eigenvalue weighted by molar-refractivity contribution is 0.412. The van der Waals surface area contributed by atoms with Crippen LogP contribution < -0.4 is 15.0 Å². The van der Waals surface area contributed by atoms with Crippen molar-refractivity contribution in [2.45, 2.75) is 13.5 Å². The highest BCUT2D eigenvalue weighted by atomic mass is 35.5. The van der Waals surface area contributed by atoms with Gasteiger partial charge in [-0.1, -0.05) is 11.6 Å². The number of hydrogen-bond acceptors (Lipinski definition) is 6. The molecule has 7 heteroatoms. The lowest BCUT2D eigenvalue weighted by Crippen LogP contribution is -2.19. The van der Waals surface area contributed by atoms with Crippen LogP contribution >= 0.6 is 22.9 Å². The minimum Gasteiger partial charge on any atom is -0.490 e. The molecule has 0 saturated carbocycles. The molecule has 0 atom stereocenters. The normalized spacial score (nSPS) is 10.4. The van der Waals surface area contributed by atoms with Crippen LogP contribution in [0, 0.1) is 0 Å². The van der Waals surface area contributed by atoms with E-state index in [0.29, 0.717) is 11.6 Å². The molecule has 0 spiro atoms. The van der Waals surface area contributed by atoms with Crippen molar-refractivity contribution in [1.29, 1.82) is 0 Å². The van der Waals surface area contributed by atoms with Crippen LogP contribution in [0.2, 0.25) is 4.34 Å². The molecule has 0 aliphatic heterocycles. The Bertz CT molecular complexity index is 575. The Morgan fingerprint density at radius 3 is 2.80 bits per heavy atom. The Hall–Kier alpha value is -1.53. The molecule has 0 amide bonds. The molecule has 0 saturated heterocycles. The summed E-state index contributed by atoms with van der Waals surface area (Å²) >= 11 is 7.52. The summed E-state index contributed by atoms with van der Waals surface area (Å²) in [4.78, 5) is 11.7. The van der Waals surface area contributed by atoms with Crippen LogP contribution in [0.15, 0.2) is 18.5 Å². The van der Waals surface area contributed by atoms with Gasteiger partial charge in [-0.15, -0.1) is 11.3 Å². The van der Waals surface area contributed by atoms with Crippen LogP contribution in [0.1, 0.15) is 11.8 Å². The van der Waals surface area contributed by atoms with Crippen LogP contribution in [0.25, 0.3) is 0 Å². The molecule has 0 radical (unpaired) electrons. The fourth-order valence-corrected chi connectivity index (χ4v) is 3.00. The SMILES string of the molecule is CCNc1ncnc(N(C)Cc2ccc(Cl)s2)c1OC. The zero-order valence-corrected chi connectivity index (χ0v) is 13.3. The molecule has 2 aromatic heterocycles. The maximum Gasteiger partial charge on any atom is 0.204 e. The molecule has 0 aliphatic carbocycles. The Kier molecular flexibility index (Phi) is 5.03. The summed E-state index contributed by atoms with van der Waals surface area (Å²) in [6, 6.07) is 3.92. The van der Waals surface area contributed by atoms with E-state index in [1.807, 2.05) is 31.0 Å². The molecule has 2 aromatic rings. The van der Waals surface area contributed by atoms with Crippen LogP contribution in [0.3, 0.4) is 0 Å². The highest BCUT2D eigenvalue weighted by molar-refractivity contribution is 7.16. The maximum absolute atomic E-state index is 5.95. The van der Waals surface area contributed by atoms with Crippen molar-refractivity contribution in [2.75, 3.05) is 30.9 Å². The lowest BCUT2D eigenvalue weighted by Gasteiger charge is -2.21. The highest BCUT2D eigenvalue weighted by Gasteiger charge is 2.16. The topological polar surface area (TPSA) is 50.3 Å². The summed E-state index contributed by atoms with van der Waals surface area (Å²) in [5.41, 5.74) is 0. The molecule has 0 unspecified atom stereocenters. The fraction of sp³-hybridized carbons (Fsp3) is 0.385. The summed E-state index contributed by atoms with van der Waals surface area (Å²) in [7, 11) is 3.59. The molecule has 1 N–H and O–H groups in total. The number of thiophene rings is 1. The number of hydrogen-bond donors (Lipinski definition) is 1.